The summed E-state index contributed by atoms with van der Waals surface area (Å²) in [4.78, 5) is 26.1. The Balaban J connectivity index is 1.86. The van der Waals surface area contributed by atoms with Crippen molar-refractivity contribution >= 4 is 23.6 Å². The number of benzene rings is 1. The van der Waals surface area contributed by atoms with Gasteiger partial charge < -0.3 is 14.9 Å². The Morgan fingerprint density at radius 3 is 2.82 bits per heavy atom. The Morgan fingerprint density at radius 2 is 2.09 bits per heavy atom. The summed E-state index contributed by atoms with van der Waals surface area (Å²) in [6.45, 7) is 2.09. The standard InChI is InChI=1S/C14H15N3O4S/c1-9-4-2-3-5-10(9)14-16-11(17-21-14)6-15-12(18)7-22-8-13(19)20/h2-5H,6-8H2,1H3,(H,15,18)(H,19,20). The molecule has 1 amide bonds. The van der Waals surface area contributed by atoms with Gasteiger partial charge in [-0.2, -0.15) is 4.98 Å². The minimum atomic E-state index is -0.946. The normalized spacial score (nSPS) is 10.4. The maximum absolute atomic E-state index is 11.5. The van der Waals surface area contributed by atoms with Crippen molar-refractivity contribution in [2.45, 2.75) is 13.5 Å². The minimum absolute atomic E-state index is 0.0782. The van der Waals surface area contributed by atoms with Crippen molar-refractivity contribution in [3.05, 3.63) is 35.7 Å². The second kappa shape index (κ2) is 7.60. The van der Waals surface area contributed by atoms with Crippen LogP contribution in [0, 0.1) is 6.92 Å². The minimum Gasteiger partial charge on any atom is -0.481 e. The largest absolute Gasteiger partial charge is 0.481 e. The molecule has 0 atom stereocenters. The van der Waals surface area contributed by atoms with Crippen LogP contribution in [0.15, 0.2) is 28.8 Å². The van der Waals surface area contributed by atoms with Gasteiger partial charge in [-0.15, -0.1) is 11.8 Å². The van der Waals surface area contributed by atoms with Crippen LogP contribution in [0.1, 0.15) is 11.4 Å². The van der Waals surface area contributed by atoms with Gasteiger partial charge in [-0.3, -0.25) is 9.59 Å². The van der Waals surface area contributed by atoms with Crippen LogP contribution in [0.25, 0.3) is 11.5 Å². The Morgan fingerprint density at radius 1 is 1.32 bits per heavy atom. The molecule has 116 valence electrons. The van der Waals surface area contributed by atoms with E-state index in [0.29, 0.717) is 11.7 Å². The molecule has 0 saturated heterocycles. The number of rotatable bonds is 7. The predicted octanol–water partition coefficient (Wildman–Crippen LogP) is 1.48. The third-order valence-electron chi connectivity index (χ3n) is 2.75. The highest BCUT2D eigenvalue weighted by Gasteiger charge is 2.11. The number of carbonyl (C=O) groups is 2. The summed E-state index contributed by atoms with van der Waals surface area (Å²) in [7, 11) is 0. The van der Waals surface area contributed by atoms with Gasteiger partial charge in [-0.05, 0) is 18.6 Å². The van der Waals surface area contributed by atoms with Gasteiger partial charge in [0.1, 0.15) is 0 Å². The van der Waals surface area contributed by atoms with E-state index in [-0.39, 0.29) is 24.0 Å². The summed E-state index contributed by atoms with van der Waals surface area (Å²) >= 11 is 1.03. The molecule has 22 heavy (non-hydrogen) atoms. The van der Waals surface area contributed by atoms with Crippen molar-refractivity contribution in [3.63, 3.8) is 0 Å². The fraction of sp³-hybridized carbons (Fsp3) is 0.286. The lowest BCUT2D eigenvalue weighted by molar-refractivity contribution is -0.133. The zero-order valence-electron chi connectivity index (χ0n) is 11.9. The number of amides is 1. The number of hydrogen-bond acceptors (Lipinski definition) is 6. The summed E-state index contributed by atoms with van der Waals surface area (Å²) < 4.78 is 5.18. The molecule has 0 fully saturated rings. The smallest absolute Gasteiger partial charge is 0.313 e. The molecule has 0 saturated carbocycles. The van der Waals surface area contributed by atoms with Crippen LogP contribution in [0.2, 0.25) is 0 Å². The Kier molecular flexibility index (Phi) is 5.54. The molecule has 0 unspecified atom stereocenters. The van der Waals surface area contributed by atoms with Gasteiger partial charge in [0.2, 0.25) is 5.91 Å². The SMILES string of the molecule is Cc1ccccc1-c1nc(CNC(=O)CSCC(=O)O)no1. The predicted molar refractivity (Wildman–Crippen MR) is 81.3 cm³/mol. The molecule has 7 nitrogen and oxygen atoms in total. The van der Waals surface area contributed by atoms with Crippen LogP contribution >= 0.6 is 11.8 Å². The first-order valence-corrected chi connectivity index (χ1v) is 7.66. The molecule has 0 spiro atoms. The molecule has 2 aromatic rings. The zero-order valence-corrected chi connectivity index (χ0v) is 12.7. The average molecular weight is 321 g/mol. The molecule has 1 aromatic heterocycles. The number of carboxylic acid groups (broad SMARTS) is 1. The first-order valence-electron chi connectivity index (χ1n) is 6.51. The number of nitrogens with zero attached hydrogens (tertiary/aromatic N) is 2. The highest BCUT2D eigenvalue weighted by atomic mass is 32.2. The van der Waals surface area contributed by atoms with E-state index in [2.05, 4.69) is 15.5 Å². The van der Waals surface area contributed by atoms with Crippen LogP contribution in [0.5, 0.6) is 0 Å². The van der Waals surface area contributed by atoms with E-state index < -0.39 is 5.97 Å². The fourth-order valence-electron chi connectivity index (χ4n) is 1.71. The van der Waals surface area contributed by atoms with Crippen molar-refractivity contribution in [2.24, 2.45) is 0 Å². The van der Waals surface area contributed by atoms with E-state index in [4.69, 9.17) is 9.63 Å². The first kappa shape index (κ1) is 16.0. The molecule has 0 aliphatic heterocycles. The highest BCUT2D eigenvalue weighted by Crippen LogP contribution is 2.20. The van der Waals surface area contributed by atoms with E-state index in [0.717, 1.165) is 22.9 Å². The summed E-state index contributed by atoms with van der Waals surface area (Å²) in [5, 5.41) is 14.9. The molecule has 8 heteroatoms. The van der Waals surface area contributed by atoms with E-state index in [1.54, 1.807) is 0 Å². The molecule has 2 rings (SSSR count). The molecular formula is C14H15N3O4S. The monoisotopic (exact) mass is 321 g/mol. The van der Waals surface area contributed by atoms with Gasteiger partial charge in [0.15, 0.2) is 5.82 Å². The molecule has 0 aliphatic carbocycles. The number of aryl methyl sites for hydroxylation is 1. The number of carbonyl (C=O) groups excluding carboxylic acids is 1. The van der Waals surface area contributed by atoms with Gasteiger partial charge in [-0.25, -0.2) is 0 Å². The molecule has 0 aliphatic rings. The number of thioether (sulfide) groups is 1. The summed E-state index contributed by atoms with van der Waals surface area (Å²) in [6, 6.07) is 7.63. The summed E-state index contributed by atoms with van der Waals surface area (Å²) in [5.74, 6) is -0.466. The van der Waals surface area contributed by atoms with Gasteiger partial charge in [0, 0.05) is 5.56 Å². The number of aliphatic carboxylic acids is 1. The van der Waals surface area contributed by atoms with Crippen molar-refractivity contribution in [1.29, 1.82) is 0 Å². The second-order valence-corrected chi connectivity index (χ2v) is 5.48. The number of carboxylic acids is 1. The van der Waals surface area contributed by atoms with Crippen molar-refractivity contribution in [1.82, 2.24) is 15.5 Å². The molecule has 1 heterocycles. The molecule has 0 radical (unpaired) electrons. The maximum atomic E-state index is 11.5. The highest BCUT2D eigenvalue weighted by molar-refractivity contribution is 8.00. The third-order valence-corrected chi connectivity index (χ3v) is 3.66. The maximum Gasteiger partial charge on any atom is 0.313 e. The van der Waals surface area contributed by atoms with Crippen LogP contribution in [-0.4, -0.2) is 38.6 Å². The number of nitrogens with one attached hydrogen (secondary N) is 1. The molecule has 0 bridgehead atoms. The summed E-state index contributed by atoms with van der Waals surface area (Å²) in [6.07, 6.45) is 0. The lowest BCUT2D eigenvalue weighted by Gasteiger charge is -2.00. The average Bonchev–Trinajstić information content (AvgIpc) is 2.94. The van der Waals surface area contributed by atoms with E-state index in [1.807, 2.05) is 31.2 Å². The van der Waals surface area contributed by atoms with Crippen LogP contribution in [0.3, 0.4) is 0 Å². The Bertz CT molecular complexity index is 672. The van der Waals surface area contributed by atoms with Crippen molar-refractivity contribution in [3.8, 4) is 11.5 Å². The number of aromatic nitrogens is 2. The molecule has 2 N–H and O–H groups in total. The molecule has 1 aromatic carbocycles. The Labute approximate surface area is 131 Å². The van der Waals surface area contributed by atoms with Crippen LogP contribution in [-0.2, 0) is 16.1 Å². The topological polar surface area (TPSA) is 105 Å². The van der Waals surface area contributed by atoms with Crippen molar-refractivity contribution < 1.29 is 19.2 Å². The first-order chi connectivity index (χ1) is 10.6. The van der Waals surface area contributed by atoms with E-state index in [1.165, 1.54) is 0 Å². The fourth-order valence-corrected chi connectivity index (χ4v) is 2.27. The lowest BCUT2D eigenvalue weighted by atomic mass is 10.1. The van der Waals surface area contributed by atoms with E-state index in [9.17, 15) is 9.59 Å². The zero-order chi connectivity index (χ0) is 15.9. The van der Waals surface area contributed by atoms with Gasteiger partial charge >= 0.3 is 5.97 Å². The van der Waals surface area contributed by atoms with E-state index >= 15 is 0 Å². The van der Waals surface area contributed by atoms with Gasteiger partial charge in [0.05, 0.1) is 18.1 Å². The van der Waals surface area contributed by atoms with Crippen molar-refractivity contribution in [2.75, 3.05) is 11.5 Å². The lowest BCUT2D eigenvalue weighted by Crippen LogP contribution is -2.25. The quantitative estimate of drug-likeness (QED) is 0.795. The van der Waals surface area contributed by atoms with Gasteiger partial charge in [0.25, 0.3) is 5.89 Å². The van der Waals surface area contributed by atoms with Crippen LogP contribution < -0.4 is 5.32 Å². The number of hydrogen-bond donors (Lipinski definition) is 2. The third kappa shape index (κ3) is 4.59. The molecular weight excluding hydrogens is 306 g/mol. The van der Waals surface area contributed by atoms with Gasteiger partial charge in [-0.1, -0.05) is 23.4 Å². The summed E-state index contributed by atoms with van der Waals surface area (Å²) in [5.41, 5.74) is 1.87. The Hall–Kier alpha value is -2.35. The second-order valence-electron chi connectivity index (χ2n) is 4.49. The van der Waals surface area contributed by atoms with Crippen LogP contribution in [0.4, 0.5) is 0 Å².